The number of carbonyl (C=O) groups is 2. The molecule has 3 aliphatic rings. The fourth-order valence-electron chi connectivity index (χ4n) is 5.63. The van der Waals surface area contributed by atoms with Gasteiger partial charge < -0.3 is 19.5 Å². The van der Waals surface area contributed by atoms with Gasteiger partial charge in [-0.1, -0.05) is 29.8 Å². The van der Waals surface area contributed by atoms with Crippen LogP contribution in [0.4, 0.5) is 5.69 Å². The minimum Gasteiger partial charge on any atom is -0.483 e. The highest BCUT2D eigenvalue weighted by Crippen LogP contribution is 2.47. The first-order valence-corrected chi connectivity index (χ1v) is 11.2. The van der Waals surface area contributed by atoms with E-state index in [4.69, 9.17) is 14.2 Å². The van der Waals surface area contributed by atoms with Gasteiger partial charge in [-0.15, -0.1) is 0 Å². The van der Waals surface area contributed by atoms with Crippen molar-refractivity contribution in [2.24, 2.45) is 0 Å². The smallest absolute Gasteiger partial charge is 0.196 e. The number of ketones is 2. The van der Waals surface area contributed by atoms with Crippen LogP contribution < -0.4 is 10.1 Å². The second-order valence-electron chi connectivity index (χ2n) is 9.52. The summed E-state index contributed by atoms with van der Waals surface area (Å²) in [5.74, 6) is 0.255. The molecule has 1 fully saturated rings. The van der Waals surface area contributed by atoms with Crippen molar-refractivity contribution in [3.63, 3.8) is 0 Å². The quantitative estimate of drug-likeness (QED) is 0.462. The van der Waals surface area contributed by atoms with Gasteiger partial charge in [0.25, 0.3) is 0 Å². The minimum atomic E-state index is -0.523. The highest BCUT2D eigenvalue weighted by molar-refractivity contribution is 6.33. The summed E-state index contributed by atoms with van der Waals surface area (Å²) in [5.41, 5.74) is 2.85. The van der Waals surface area contributed by atoms with Crippen LogP contribution in [0.2, 0.25) is 0 Å². The molecule has 1 aliphatic carbocycles. The van der Waals surface area contributed by atoms with Crippen molar-refractivity contribution in [2.75, 3.05) is 12.4 Å². The summed E-state index contributed by atoms with van der Waals surface area (Å²) in [4.78, 5) is 27.5. The standard InChI is InChI=1S/C27H25NO5/c1-13-5-7-16-15(11-13)6-8-17-21(16)24(29)18-9-10-19-23(22(18)25(17)30)28-27(3)12-20(31-4)32-14(2)26(27)33-19/h5-11,14,20,26,28H,12H2,1-4H3. The second kappa shape index (κ2) is 6.89. The van der Waals surface area contributed by atoms with Crippen molar-refractivity contribution in [1.29, 1.82) is 0 Å². The van der Waals surface area contributed by atoms with Gasteiger partial charge in [-0.3, -0.25) is 9.59 Å². The highest BCUT2D eigenvalue weighted by atomic mass is 16.7. The number of aryl methyl sites for hydroxylation is 1. The van der Waals surface area contributed by atoms with Crippen molar-refractivity contribution in [1.82, 2.24) is 0 Å². The Balaban J connectivity index is 1.51. The molecule has 4 unspecified atom stereocenters. The number of methoxy groups -OCH3 is 1. The van der Waals surface area contributed by atoms with Crippen LogP contribution in [-0.2, 0) is 9.47 Å². The van der Waals surface area contributed by atoms with Crippen LogP contribution in [0.25, 0.3) is 10.8 Å². The van der Waals surface area contributed by atoms with Crippen LogP contribution in [0.1, 0.15) is 57.7 Å². The summed E-state index contributed by atoms with van der Waals surface area (Å²) < 4.78 is 17.8. The SMILES string of the molecule is COC1CC2(C)Nc3c(ccc4c3C(=O)c3ccc5cc(C)ccc5c3C4=O)OC2C(C)O1. The summed E-state index contributed by atoms with van der Waals surface area (Å²) in [6, 6.07) is 13.1. The molecule has 6 rings (SSSR count). The topological polar surface area (TPSA) is 73.9 Å². The number of hydrogen-bond donors (Lipinski definition) is 1. The van der Waals surface area contributed by atoms with Gasteiger partial charge in [0.05, 0.1) is 22.9 Å². The number of rotatable bonds is 1. The van der Waals surface area contributed by atoms with Gasteiger partial charge in [-0.05, 0) is 49.7 Å². The van der Waals surface area contributed by atoms with E-state index >= 15 is 0 Å². The molecule has 168 valence electrons. The third-order valence-electron chi connectivity index (χ3n) is 7.22. The Labute approximate surface area is 191 Å². The monoisotopic (exact) mass is 443 g/mol. The fourth-order valence-corrected chi connectivity index (χ4v) is 5.63. The fraction of sp³-hybridized carbons (Fsp3) is 0.333. The molecule has 2 heterocycles. The van der Waals surface area contributed by atoms with Gasteiger partial charge in [-0.25, -0.2) is 0 Å². The average Bonchev–Trinajstić information content (AvgIpc) is 2.79. The summed E-state index contributed by atoms with van der Waals surface area (Å²) >= 11 is 0. The predicted molar refractivity (Wildman–Crippen MR) is 124 cm³/mol. The van der Waals surface area contributed by atoms with Gasteiger partial charge >= 0.3 is 0 Å². The number of benzene rings is 3. The number of hydrogen-bond acceptors (Lipinski definition) is 6. The molecule has 6 nitrogen and oxygen atoms in total. The maximum absolute atomic E-state index is 13.8. The molecule has 1 N–H and O–H groups in total. The van der Waals surface area contributed by atoms with Crippen LogP contribution in [-0.4, -0.2) is 42.7 Å². The van der Waals surface area contributed by atoms with E-state index in [1.165, 1.54) is 0 Å². The third kappa shape index (κ3) is 2.81. The molecule has 33 heavy (non-hydrogen) atoms. The molecule has 3 aromatic carbocycles. The number of nitrogens with one attached hydrogen (secondary N) is 1. The van der Waals surface area contributed by atoms with E-state index < -0.39 is 5.54 Å². The van der Waals surface area contributed by atoms with Gasteiger partial charge in [0, 0.05) is 30.2 Å². The van der Waals surface area contributed by atoms with Crippen molar-refractivity contribution >= 4 is 28.0 Å². The molecule has 3 aromatic rings. The third-order valence-corrected chi connectivity index (χ3v) is 7.22. The van der Waals surface area contributed by atoms with Crippen LogP contribution >= 0.6 is 0 Å². The lowest BCUT2D eigenvalue weighted by Gasteiger charge is -2.51. The lowest BCUT2D eigenvalue weighted by molar-refractivity contribution is -0.220. The van der Waals surface area contributed by atoms with E-state index in [2.05, 4.69) is 5.32 Å². The van der Waals surface area contributed by atoms with Crippen LogP contribution in [0.15, 0.2) is 42.5 Å². The van der Waals surface area contributed by atoms with Crippen LogP contribution in [0.5, 0.6) is 5.75 Å². The molecule has 0 saturated carbocycles. The molecule has 0 aromatic heterocycles. The summed E-state index contributed by atoms with van der Waals surface area (Å²) in [7, 11) is 1.62. The first-order chi connectivity index (χ1) is 15.8. The Morgan fingerprint density at radius 3 is 2.55 bits per heavy atom. The Hall–Kier alpha value is -3.22. The Bertz CT molecular complexity index is 1360. The number of anilines is 1. The summed E-state index contributed by atoms with van der Waals surface area (Å²) in [6.45, 7) is 6.01. The molecule has 1 saturated heterocycles. The normalized spacial score (nSPS) is 27.7. The predicted octanol–water partition coefficient (Wildman–Crippen LogP) is 4.64. The lowest BCUT2D eigenvalue weighted by atomic mass is 9.78. The van der Waals surface area contributed by atoms with E-state index in [-0.39, 0.29) is 30.1 Å². The zero-order chi connectivity index (χ0) is 23.1. The Kier molecular flexibility index (Phi) is 4.26. The average molecular weight is 443 g/mol. The van der Waals surface area contributed by atoms with E-state index in [9.17, 15) is 9.59 Å². The van der Waals surface area contributed by atoms with E-state index in [0.717, 1.165) is 16.3 Å². The molecule has 0 spiro atoms. The zero-order valence-corrected chi connectivity index (χ0v) is 19.0. The molecule has 6 heteroatoms. The van der Waals surface area contributed by atoms with Crippen molar-refractivity contribution in [2.45, 2.75) is 51.2 Å². The first-order valence-electron chi connectivity index (χ1n) is 11.2. The maximum atomic E-state index is 13.8. The van der Waals surface area contributed by atoms with E-state index in [1.54, 1.807) is 25.3 Å². The number of carbonyl (C=O) groups excluding carboxylic acids is 2. The van der Waals surface area contributed by atoms with Crippen molar-refractivity contribution in [3.8, 4) is 5.75 Å². The van der Waals surface area contributed by atoms with Gasteiger partial charge in [0.15, 0.2) is 17.9 Å². The maximum Gasteiger partial charge on any atom is 0.196 e. The number of fused-ring (bicyclic) bond motifs is 7. The number of ether oxygens (including phenoxy) is 3. The van der Waals surface area contributed by atoms with Crippen LogP contribution in [0, 0.1) is 6.92 Å². The zero-order valence-electron chi connectivity index (χ0n) is 19.0. The molecule has 0 radical (unpaired) electrons. The lowest BCUT2D eigenvalue weighted by Crippen LogP contribution is -2.63. The second-order valence-corrected chi connectivity index (χ2v) is 9.52. The largest absolute Gasteiger partial charge is 0.483 e. The van der Waals surface area contributed by atoms with Gasteiger partial charge in [0.2, 0.25) is 0 Å². The Morgan fingerprint density at radius 2 is 1.76 bits per heavy atom. The molecule has 2 aliphatic heterocycles. The van der Waals surface area contributed by atoms with Gasteiger partial charge in [-0.2, -0.15) is 0 Å². The molecular formula is C27H25NO5. The molecule has 0 amide bonds. The molecule has 4 atom stereocenters. The molecule has 0 bridgehead atoms. The first kappa shape index (κ1) is 20.4. The van der Waals surface area contributed by atoms with E-state index in [1.807, 2.05) is 45.0 Å². The van der Waals surface area contributed by atoms with Crippen molar-refractivity contribution < 1.29 is 23.8 Å². The van der Waals surface area contributed by atoms with E-state index in [0.29, 0.717) is 40.1 Å². The van der Waals surface area contributed by atoms with Gasteiger partial charge in [0.1, 0.15) is 11.9 Å². The summed E-state index contributed by atoms with van der Waals surface area (Å²) in [6.07, 6.45) is -0.308. The highest BCUT2D eigenvalue weighted by Gasteiger charge is 2.51. The Morgan fingerprint density at radius 1 is 1.03 bits per heavy atom. The summed E-state index contributed by atoms with van der Waals surface area (Å²) in [5, 5.41) is 5.32. The van der Waals surface area contributed by atoms with Crippen molar-refractivity contribution in [3.05, 3.63) is 70.3 Å². The van der Waals surface area contributed by atoms with Crippen LogP contribution in [0.3, 0.4) is 0 Å². The minimum absolute atomic E-state index is 0.138. The molecular weight excluding hydrogens is 418 g/mol.